The van der Waals surface area contributed by atoms with Crippen LogP contribution < -0.4 is 0 Å². The summed E-state index contributed by atoms with van der Waals surface area (Å²) in [4.78, 5) is 7.48. The fourth-order valence-electron chi connectivity index (χ4n) is 2.02. The Morgan fingerprint density at radius 1 is 0.938 bits per heavy atom. The molecule has 1 rings (SSSR count). The van der Waals surface area contributed by atoms with E-state index < -0.39 is 0 Å². The van der Waals surface area contributed by atoms with Gasteiger partial charge in [-0.25, -0.2) is 0 Å². The standard InChI is InChI=1S/C13H29N3/c1-13(2)5-6-15-9-11-16(12-10-15)8-7-14(3)4/h13H,5-12H2,1-4H3. The molecule has 1 saturated heterocycles. The van der Waals surface area contributed by atoms with E-state index in [1.807, 2.05) is 0 Å². The molecule has 16 heavy (non-hydrogen) atoms. The minimum atomic E-state index is 0.840. The summed E-state index contributed by atoms with van der Waals surface area (Å²) < 4.78 is 0. The fraction of sp³-hybridized carbons (Fsp3) is 1.00. The average molecular weight is 227 g/mol. The van der Waals surface area contributed by atoms with Crippen molar-refractivity contribution in [1.29, 1.82) is 0 Å². The van der Waals surface area contributed by atoms with Gasteiger partial charge < -0.3 is 9.80 Å². The van der Waals surface area contributed by atoms with E-state index in [0.29, 0.717) is 0 Å². The molecule has 0 spiro atoms. The summed E-state index contributed by atoms with van der Waals surface area (Å²) in [6, 6.07) is 0. The monoisotopic (exact) mass is 227 g/mol. The topological polar surface area (TPSA) is 9.72 Å². The molecule has 1 heterocycles. The van der Waals surface area contributed by atoms with Gasteiger partial charge in [0.25, 0.3) is 0 Å². The number of hydrogen-bond acceptors (Lipinski definition) is 3. The summed E-state index contributed by atoms with van der Waals surface area (Å²) >= 11 is 0. The van der Waals surface area contributed by atoms with Gasteiger partial charge in [0.05, 0.1) is 0 Å². The Hall–Kier alpha value is -0.120. The SMILES string of the molecule is CC(C)CCN1CCN(CCN(C)C)CC1. The molecule has 0 aromatic rings. The molecular formula is C13H29N3. The van der Waals surface area contributed by atoms with E-state index in [1.54, 1.807) is 0 Å². The van der Waals surface area contributed by atoms with Gasteiger partial charge in [0.15, 0.2) is 0 Å². The van der Waals surface area contributed by atoms with Gasteiger partial charge in [-0.15, -0.1) is 0 Å². The first kappa shape index (κ1) is 13.9. The Kier molecular flexibility index (Phi) is 6.32. The smallest absolute Gasteiger partial charge is 0.0110 e. The van der Waals surface area contributed by atoms with Crippen molar-refractivity contribution in [3.63, 3.8) is 0 Å². The fourth-order valence-corrected chi connectivity index (χ4v) is 2.02. The van der Waals surface area contributed by atoms with Crippen LogP contribution in [-0.4, -0.2) is 74.6 Å². The van der Waals surface area contributed by atoms with E-state index in [1.165, 1.54) is 52.2 Å². The molecule has 0 amide bonds. The second-order valence-corrected chi connectivity index (χ2v) is 5.67. The Bertz CT molecular complexity index is 152. The molecule has 0 aromatic heterocycles. The lowest BCUT2D eigenvalue weighted by Crippen LogP contribution is -2.48. The van der Waals surface area contributed by atoms with Gasteiger partial charge in [0.1, 0.15) is 0 Å². The first-order chi connectivity index (χ1) is 7.58. The summed E-state index contributed by atoms with van der Waals surface area (Å²) in [5, 5.41) is 0. The van der Waals surface area contributed by atoms with Crippen molar-refractivity contribution in [2.24, 2.45) is 5.92 Å². The van der Waals surface area contributed by atoms with E-state index >= 15 is 0 Å². The second kappa shape index (κ2) is 7.25. The summed E-state index contributed by atoms with van der Waals surface area (Å²) in [5.41, 5.74) is 0. The zero-order chi connectivity index (χ0) is 12.0. The summed E-state index contributed by atoms with van der Waals surface area (Å²) in [6.07, 6.45) is 1.34. The Balaban J connectivity index is 2.09. The molecule has 96 valence electrons. The maximum atomic E-state index is 2.62. The van der Waals surface area contributed by atoms with Crippen molar-refractivity contribution in [2.45, 2.75) is 20.3 Å². The van der Waals surface area contributed by atoms with Crippen LogP contribution in [0.15, 0.2) is 0 Å². The van der Waals surface area contributed by atoms with E-state index in [0.717, 1.165) is 5.92 Å². The lowest BCUT2D eigenvalue weighted by molar-refractivity contribution is 0.121. The van der Waals surface area contributed by atoms with E-state index in [9.17, 15) is 0 Å². The van der Waals surface area contributed by atoms with Crippen LogP contribution in [0.1, 0.15) is 20.3 Å². The van der Waals surface area contributed by atoms with Crippen LogP contribution in [0.2, 0.25) is 0 Å². The summed E-state index contributed by atoms with van der Waals surface area (Å²) in [5.74, 6) is 0.840. The third-order valence-corrected chi connectivity index (χ3v) is 3.35. The van der Waals surface area contributed by atoms with Gasteiger partial charge >= 0.3 is 0 Å². The van der Waals surface area contributed by atoms with Crippen molar-refractivity contribution in [3.8, 4) is 0 Å². The maximum absolute atomic E-state index is 2.62. The highest BCUT2D eigenvalue weighted by atomic mass is 15.3. The maximum Gasteiger partial charge on any atom is 0.0110 e. The van der Waals surface area contributed by atoms with Gasteiger partial charge in [-0.2, -0.15) is 0 Å². The van der Waals surface area contributed by atoms with Crippen LogP contribution in [0.5, 0.6) is 0 Å². The Morgan fingerprint density at radius 3 is 1.88 bits per heavy atom. The van der Waals surface area contributed by atoms with Crippen LogP contribution in [0.4, 0.5) is 0 Å². The molecule has 0 aromatic carbocycles. The third-order valence-electron chi connectivity index (χ3n) is 3.35. The lowest BCUT2D eigenvalue weighted by atomic mass is 10.1. The van der Waals surface area contributed by atoms with Crippen LogP contribution in [0, 0.1) is 5.92 Å². The molecule has 0 aliphatic carbocycles. The molecule has 0 unspecified atom stereocenters. The molecule has 0 saturated carbocycles. The molecule has 0 N–H and O–H groups in total. The normalized spacial score (nSPS) is 19.9. The molecule has 3 nitrogen and oxygen atoms in total. The number of piperazine rings is 1. The van der Waals surface area contributed by atoms with Crippen molar-refractivity contribution < 1.29 is 0 Å². The predicted octanol–water partition coefficient (Wildman–Crippen LogP) is 1.21. The van der Waals surface area contributed by atoms with Gasteiger partial charge in [-0.3, -0.25) is 4.90 Å². The third kappa shape index (κ3) is 5.83. The molecule has 0 radical (unpaired) electrons. The van der Waals surface area contributed by atoms with E-state index in [2.05, 4.69) is 42.6 Å². The first-order valence-corrected chi connectivity index (χ1v) is 6.67. The zero-order valence-corrected chi connectivity index (χ0v) is 11.6. The number of hydrogen-bond donors (Lipinski definition) is 0. The molecule has 0 atom stereocenters. The van der Waals surface area contributed by atoms with Crippen molar-refractivity contribution >= 4 is 0 Å². The minimum absolute atomic E-state index is 0.840. The zero-order valence-electron chi connectivity index (χ0n) is 11.6. The highest BCUT2D eigenvalue weighted by Crippen LogP contribution is 2.06. The Morgan fingerprint density at radius 2 is 1.44 bits per heavy atom. The van der Waals surface area contributed by atoms with Crippen molar-refractivity contribution in [3.05, 3.63) is 0 Å². The highest BCUT2D eigenvalue weighted by molar-refractivity contribution is 4.72. The van der Waals surface area contributed by atoms with Gasteiger partial charge in [-0.1, -0.05) is 13.8 Å². The highest BCUT2D eigenvalue weighted by Gasteiger charge is 2.16. The number of rotatable bonds is 6. The van der Waals surface area contributed by atoms with Crippen LogP contribution in [-0.2, 0) is 0 Å². The van der Waals surface area contributed by atoms with E-state index in [-0.39, 0.29) is 0 Å². The van der Waals surface area contributed by atoms with Crippen molar-refractivity contribution in [1.82, 2.24) is 14.7 Å². The van der Waals surface area contributed by atoms with Crippen LogP contribution in [0.25, 0.3) is 0 Å². The van der Waals surface area contributed by atoms with Crippen LogP contribution >= 0.6 is 0 Å². The van der Waals surface area contributed by atoms with E-state index in [4.69, 9.17) is 0 Å². The lowest BCUT2D eigenvalue weighted by Gasteiger charge is -2.35. The Labute approximate surface area is 101 Å². The van der Waals surface area contributed by atoms with Gasteiger partial charge in [0, 0.05) is 39.3 Å². The van der Waals surface area contributed by atoms with Crippen LogP contribution in [0.3, 0.4) is 0 Å². The largest absolute Gasteiger partial charge is 0.308 e. The minimum Gasteiger partial charge on any atom is -0.308 e. The number of nitrogens with zero attached hydrogens (tertiary/aromatic N) is 3. The number of likely N-dealkylation sites (N-methyl/N-ethyl adjacent to an activating group) is 1. The second-order valence-electron chi connectivity index (χ2n) is 5.67. The van der Waals surface area contributed by atoms with Gasteiger partial charge in [0.2, 0.25) is 0 Å². The molecule has 1 aliphatic heterocycles. The molecule has 1 aliphatic rings. The molecular weight excluding hydrogens is 198 g/mol. The molecule has 3 heteroatoms. The summed E-state index contributed by atoms with van der Waals surface area (Å²) in [7, 11) is 4.30. The quantitative estimate of drug-likeness (QED) is 0.675. The molecule has 0 bridgehead atoms. The first-order valence-electron chi connectivity index (χ1n) is 6.67. The molecule has 1 fully saturated rings. The van der Waals surface area contributed by atoms with Crippen molar-refractivity contribution in [2.75, 3.05) is 59.9 Å². The van der Waals surface area contributed by atoms with Gasteiger partial charge in [-0.05, 0) is 33.0 Å². The summed E-state index contributed by atoms with van der Waals surface area (Å²) in [6.45, 7) is 13.4. The predicted molar refractivity (Wildman–Crippen MR) is 70.9 cm³/mol. The average Bonchev–Trinajstić information content (AvgIpc) is 2.25.